The van der Waals surface area contributed by atoms with Crippen molar-refractivity contribution < 1.29 is 14.2 Å². The third-order valence-electron chi connectivity index (χ3n) is 2.91. The van der Waals surface area contributed by atoms with E-state index in [2.05, 4.69) is 5.32 Å². The molecule has 0 spiro atoms. The maximum absolute atomic E-state index is 13.5. The third-order valence-corrected chi connectivity index (χ3v) is 2.91. The molecule has 19 heavy (non-hydrogen) atoms. The molecule has 100 valence electrons. The molecule has 2 N–H and O–H groups in total. The molecular formula is C15H16FNO2. The fraction of sp³-hybridized carbons (Fsp3) is 0.200. The predicted octanol–water partition coefficient (Wildman–Crippen LogP) is 3.46. The Balaban J connectivity index is 2.08. The van der Waals surface area contributed by atoms with Gasteiger partial charge in [0.25, 0.3) is 0 Å². The summed E-state index contributed by atoms with van der Waals surface area (Å²) in [4.78, 5) is 0. The molecule has 3 nitrogen and oxygen atoms in total. The number of halogens is 1. The summed E-state index contributed by atoms with van der Waals surface area (Å²) in [5, 5.41) is 12.5. The summed E-state index contributed by atoms with van der Waals surface area (Å²) in [7, 11) is 1.44. The van der Waals surface area contributed by atoms with E-state index in [1.54, 1.807) is 24.3 Å². The first-order chi connectivity index (χ1) is 9.10. The highest BCUT2D eigenvalue weighted by Gasteiger charge is 2.04. The van der Waals surface area contributed by atoms with Gasteiger partial charge in [0, 0.05) is 12.2 Å². The number of aryl methyl sites for hydroxylation is 1. The van der Waals surface area contributed by atoms with E-state index in [0.717, 1.165) is 16.8 Å². The van der Waals surface area contributed by atoms with Crippen molar-refractivity contribution >= 4 is 5.69 Å². The SMILES string of the molecule is COc1ccc(CNc2ccc(O)cc2C)cc1F. The van der Waals surface area contributed by atoms with E-state index in [-0.39, 0.29) is 17.3 Å². The highest BCUT2D eigenvalue weighted by molar-refractivity contribution is 5.53. The predicted molar refractivity (Wildman–Crippen MR) is 73.1 cm³/mol. The summed E-state index contributed by atoms with van der Waals surface area (Å²) in [5.74, 6) is 0.104. The fourth-order valence-electron chi connectivity index (χ4n) is 1.86. The molecule has 0 aliphatic rings. The van der Waals surface area contributed by atoms with Gasteiger partial charge in [-0.3, -0.25) is 0 Å². The molecule has 0 aliphatic carbocycles. The lowest BCUT2D eigenvalue weighted by Gasteiger charge is -2.10. The second-order valence-electron chi connectivity index (χ2n) is 4.32. The topological polar surface area (TPSA) is 41.5 Å². The van der Waals surface area contributed by atoms with Gasteiger partial charge >= 0.3 is 0 Å². The molecule has 0 amide bonds. The van der Waals surface area contributed by atoms with Gasteiger partial charge in [-0.15, -0.1) is 0 Å². The molecule has 2 aromatic carbocycles. The van der Waals surface area contributed by atoms with Crippen molar-refractivity contribution in [1.82, 2.24) is 0 Å². The molecule has 2 aromatic rings. The number of benzene rings is 2. The number of hydrogen-bond donors (Lipinski definition) is 2. The molecule has 0 unspecified atom stereocenters. The number of hydrogen-bond acceptors (Lipinski definition) is 3. The smallest absolute Gasteiger partial charge is 0.165 e. The van der Waals surface area contributed by atoms with Crippen LogP contribution < -0.4 is 10.1 Å². The zero-order valence-corrected chi connectivity index (χ0v) is 10.9. The van der Waals surface area contributed by atoms with Crippen LogP contribution in [0.1, 0.15) is 11.1 Å². The second kappa shape index (κ2) is 5.61. The van der Waals surface area contributed by atoms with E-state index >= 15 is 0 Å². The number of phenolic OH excluding ortho intramolecular Hbond substituents is 1. The van der Waals surface area contributed by atoms with Crippen LogP contribution in [0.25, 0.3) is 0 Å². The Labute approximate surface area is 111 Å². The summed E-state index contributed by atoms with van der Waals surface area (Å²) in [6.07, 6.45) is 0. The van der Waals surface area contributed by atoms with Gasteiger partial charge in [-0.1, -0.05) is 6.07 Å². The Kier molecular flexibility index (Phi) is 3.90. The first-order valence-corrected chi connectivity index (χ1v) is 5.96. The van der Waals surface area contributed by atoms with Gasteiger partial charge in [0.1, 0.15) is 5.75 Å². The summed E-state index contributed by atoms with van der Waals surface area (Å²) >= 11 is 0. The van der Waals surface area contributed by atoms with Crippen molar-refractivity contribution in [2.75, 3.05) is 12.4 Å². The van der Waals surface area contributed by atoms with Crippen LogP contribution in [0.15, 0.2) is 36.4 Å². The average Bonchev–Trinajstić information content (AvgIpc) is 2.38. The van der Waals surface area contributed by atoms with E-state index in [1.807, 2.05) is 13.0 Å². The third kappa shape index (κ3) is 3.16. The van der Waals surface area contributed by atoms with Crippen molar-refractivity contribution in [2.24, 2.45) is 0 Å². The zero-order chi connectivity index (χ0) is 13.8. The standard InChI is InChI=1S/C15H16FNO2/c1-10-7-12(18)4-5-14(10)17-9-11-3-6-15(19-2)13(16)8-11/h3-8,17-18H,9H2,1-2H3. The van der Waals surface area contributed by atoms with E-state index in [9.17, 15) is 9.50 Å². The van der Waals surface area contributed by atoms with Crippen molar-refractivity contribution in [3.05, 3.63) is 53.3 Å². The van der Waals surface area contributed by atoms with Crippen LogP contribution in [0, 0.1) is 12.7 Å². The van der Waals surface area contributed by atoms with Gasteiger partial charge in [-0.2, -0.15) is 0 Å². The van der Waals surface area contributed by atoms with Gasteiger partial charge in [-0.25, -0.2) is 4.39 Å². The molecular weight excluding hydrogens is 245 g/mol. The minimum Gasteiger partial charge on any atom is -0.508 e. The van der Waals surface area contributed by atoms with Gasteiger partial charge in [0.05, 0.1) is 7.11 Å². The van der Waals surface area contributed by atoms with Gasteiger partial charge in [0.2, 0.25) is 0 Å². The lowest BCUT2D eigenvalue weighted by atomic mass is 10.1. The Morgan fingerprint density at radius 2 is 2.00 bits per heavy atom. The van der Waals surface area contributed by atoms with Crippen LogP contribution in [-0.4, -0.2) is 12.2 Å². The minimum atomic E-state index is -0.371. The number of phenols is 1. The van der Waals surface area contributed by atoms with E-state index in [1.165, 1.54) is 13.2 Å². The number of aromatic hydroxyl groups is 1. The molecule has 0 saturated carbocycles. The van der Waals surface area contributed by atoms with Crippen LogP contribution in [0.2, 0.25) is 0 Å². The Morgan fingerprint density at radius 3 is 2.63 bits per heavy atom. The molecule has 0 radical (unpaired) electrons. The molecule has 0 bridgehead atoms. The average molecular weight is 261 g/mol. The van der Waals surface area contributed by atoms with Gasteiger partial charge in [-0.05, 0) is 48.4 Å². The molecule has 0 saturated heterocycles. The normalized spacial score (nSPS) is 10.3. The summed E-state index contributed by atoms with van der Waals surface area (Å²) in [6.45, 7) is 2.41. The van der Waals surface area contributed by atoms with Crippen molar-refractivity contribution in [2.45, 2.75) is 13.5 Å². The van der Waals surface area contributed by atoms with Crippen LogP contribution in [0.3, 0.4) is 0 Å². The largest absolute Gasteiger partial charge is 0.508 e. The zero-order valence-electron chi connectivity index (χ0n) is 10.9. The van der Waals surface area contributed by atoms with Crippen molar-refractivity contribution in [3.8, 4) is 11.5 Å². The molecule has 2 rings (SSSR count). The summed E-state index contributed by atoms with van der Waals surface area (Å²) in [5.41, 5.74) is 2.67. The molecule has 0 atom stereocenters. The highest BCUT2D eigenvalue weighted by atomic mass is 19.1. The van der Waals surface area contributed by atoms with Gasteiger partial charge in [0.15, 0.2) is 11.6 Å². The molecule has 0 fully saturated rings. The minimum absolute atomic E-state index is 0.235. The number of ether oxygens (including phenoxy) is 1. The van der Waals surface area contributed by atoms with Crippen molar-refractivity contribution in [1.29, 1.82) is 0 Å². The van der Waals surface area contributed by atoms with Crippen LogP contribution >= 0.6 is 0 Å². The molecule has 0 heterocycles. The maximum Gasteiger partial charge on any atom is 0.165 e. The molecule has 0 aromatic heterocycles. The lowest BCUT2D eigenvalue weighted by molar-refractivity contribution is 0.386. The Hall–Kier alpha value is -2.23. The number of nitrogens with one attached hydrogen (secondary N) is 1. The Bertz CT molecular complexity index is 584. The lowest BCUT2D eigenvalue weighted by Crippen LogP contribution is -2.01. The van der Waals surface area contributed by atoms with Gasteiger partial charge < -0.3 is 15.2 Å². The van der Waals surface area contributed by atoms with E-state index < -0.39 is 0 Å². The fourth-order valence-corrected chi connectivity index (χ4v) is 1.86. The maximum atomic E-state index is 13.5. The number of methoxy groups -OCH3 is 1. The quantitative estimate of drug-likeness (QED) is 0.828. The molecule has 0 aliphatic heterocycles. The number of rotatable bonds is 4. The number of anilines is 1. The monoisotopic (exact) mass is 261 g/mol. The first-order valence-electron chi connectivity index (χ1n) is 5.96. The second-order valence-corrected chi connectivity index (χ2v) is 4.32. The van der Waals surface area contributed by atoms with Crippen LogP contribution in [-0.2, 0) is 6.54 Å². The highest BCUT2D eigenvalue weighted by Crippen LogP contribution is 2.22. The Morgan fingerprint density at radius 1 is 1.21 bits per heavy atom. The van der Waals surface area contributed by atoms with E-state index in [0.29, 0.717) is 6.54 Å². The molecule has 4 heteroatoms. The van der Waals surface area contributed by atoms with Crippen LogP contribution in [0.4, 0.5) is 10.1 Å². The van der Waals surface area contributed by atoms with Crippen molar-refractivity contribution in [3.63, 3.8) is 0 Å². The first kappa shape index (κ1) is 13.2. The summed E-state index contributed by atoms with van der Waals surface area (Å²) in [6, 6.07) is 9.95. The van der Waals surface area contributed by atoms with Crippen LogP contribution in [0.5, 0.6) is 11.5 Å². The van der Waals surface area contributed by atoms with E-state index in [4.69, 9.17) is 4.74 Å². The summed E-state index contributed by atoms with van der Waals surface area (Å²) < 4.78 is 18.4.